The molecule has 0 spiro atoms. The van der Waals surface area contributed by atoms with Crippen LogP contribution >= 0.6 is 11.8 Å². The van der Waals surface area contributed by atoms with E-state index < -0.39 is 11.9 Å². The van der Waals surface area contributed by atoms with Gasteiger partial charge in [-0.3, -0.25) is 4.99 Å². The zero-order valence-electron chi connectivity index (χ0n) is 15.3. The highest BCUT2D eigenvalue weighted by Gasteiger charge is 2.42. The van der Waals surface area contributed by atoms with Crippen LogP contribution in [-0.2, 0) is 9.59 Å². The number of carbonyl (C=O) groups is 2. The molecule has 2 aliphatic rings. The van der Waals surface area contributed by atoms with Gasteiger partial charge < -0.3 is 20.4 Å². The molecule has 0 saturated heterocycles. The van der Waals surface area contributed by atoms with E-state index in [1.807, 2.05) is 11.8 Å². The van der Waals surface area contributed by atoms with Gasteiger partial charge in [0.1, 0.15) is 5.84 Å². The molecule has 0 bridgehead atoms. The van der Waals surface area contributed by atoms with Crippen LogP contribution in [0.4, 0.5) is 5.69 Å². The van der Waals surface area contributed by atoms with E-state index in [0.29, 0.717) is 0 Å². The van der Waals surface area contributed by atoms with Gasteiger partial charge in [0.05, 0.1) is 17.0 Å². The molecular formula is C18H25N3O4S. The molecule has 0 aliphatic carbocycles. The van der Waals surface area contributed by atoms with E-state index in [0.717, 1.165) is 19.6 Å². The predicted octanol–water partition coefficient (Wildman–Crippen LogP) is 2.23. The number of hydrogen-bond acceptors (Lipinski definition) is 6. The fourth-order valence-corrected chi connectivity index (χ4v) is 4.88. The molecule has 1 aromatic carbocycles. The van der Waals surface area contributed by atoms with Crippen molar-refractivity contribution in [1.82, 2.24) is 5.32 Å². The fraction of sp³-hybridized carbons (Fsp3) is 0.500. The molecule has 8 heteroatoms. The lowest BCUT2D eigenvalue weighted by molar-refractivity contribution is -0.159. The largest absolute Gasteiger partial charge is 0.473 e. The van der Waals surface area contributed by atoms with E-state index in [-0.39, 0.29) is 4.75 Å². The summed E-state index contributed by atoms with van der Waals surface area (Å²) in [5.74, 6) is -2.44. The van der Waals surface area contributed by atoms with Crippen LogP contribution in [0, 0.1) is 6.92 Å². The van der Waals surface area contributed by atoms with Crippen molar-refractivity contribution in [2.24, 2.45) is 4.99 Å². The Balaban J connectivity index is 0.000000352. The predicted molar refractivity (Wildman–Crippen MR) is 104 cm³/mol. The second-order valence-electron chi connectivity index (χ2n) is 6.44. The van der Waals surface area contributed by atoms with E-state index in [2.05, 4.69) is 49.3 Å². The van der Waals surface area contributed by atoms with Gasteiger partial charge in [0, 0.05) is 25.0 Å². The summed E-state index contributed by atoms with van der Waals surface area (Å²) in [5.41, 5.74) is 2.69. The summed E-state index contributed by atoms with van der Waals surface area (Å²) in [4.78, 5) is 26.7. The summed E-state index contributed by atoms with van der Waals surface area (Å²) >= 11 is 2.00. The molecule has 1 aromatic rings. The Labute approximate surface area is 157 Å². The van der Waals surface area contributed by atoms with Gasteiger partial charge in [-0.2, -0.15) is 0 Å². The van der Waals surface area contributed by atoms with Gasteiger partial charge >= 0.3 is 11.9 Å². The molecule has 2 heterocycles. The number of carboxylic acids is 2. The van der Waals surface area contributed by atoms with Crippen LogP contribution in [0.2, 0.25) is 0 Å². The third kappa shape index (κ3) is 4.49. The number of anilines is 1. The van der Waals surface area contributed by atoms with Crippen molar-refractivity contribution in [2.45, 2.75) is 36.3 Å². The molecule has 0 saturated carbocycles. The highest BCUT2D eigenvalue weighted by molar-refractivity contribution is 8.01. The van der Waals surface area contributed by atoms with Crippen LogP contribution in [0.1, 0.15) is 25.3 Å². The zero-order valence-corrected chi connectivity index (χ0v) is 16.1. The number of benzene rings is 1. The average molecular weight is 379 g/mol. The van der Waals surface area contributed by atoms with Crippen LogP contribution in [0.3, 0.4) is 0 Å². The SMILES string of the molecule is CCCC1(C2=NCCN2)CN(C)c2cc(C)ccc2S1.O=C(O)C(=O)O. The molecule has 142 valence electrons. The third-order valence-corrected chi connectivity index (χ3v) is 5.75. The Hall–Kier alpha value is -2.22. The van der Waals surface area contributed by atoms with E-state index in [9.17, 15) is 0 Å². The van der Waals surface area contributed by atoms with Gasteiger partial charge in [0.2, 0.25) is 0 Å². The second kappa shape index (κ2) is 8.44. The quantitative estimate of drug-likeness (QED) is 0.692. The lowest BCUT2D eigenvalue weighted by Crippen LogP contribution is -2.51. The molecule has 0 amide bonds. The summed E-state index contributed by atoms with van der Waals surface area (Å²) < 4.78 is 0.0995. The van der Waals surface area contributed by atoms with E-state index in [1.165, 1.54) is 34.8 Å². The number of nitrogens with one attached hydrogen (secondary N) is 1. The Morgan fingerprint density at radius 2 is 2.04 bits per heavy atom. The van der Waals surface area contributed by atoms with Crippen molar-refractivity contribution >= 4 is 35.2 Å². The van der Waals surface area contributed by atoms with E-state index >= 15 is 0 Å². The van der Waals surface area contributed by atoms with Crippen molar-refractivity contribution in [2.75, 3.05) is 31.6 Å². The zero-order chi connectivity index (χ0) is 19.3. The Morgan fingerprint density at radius 3 is 2.58 bits per heavy atom. The first-order valence-corrected chi connectivity index (χ1v) is 9.36. The molecule has 3 N–H and O–H groups in total. The van der Waals surface area contributed by atoms with Crippen LogP contribution in [0.15, 0.2) is 28.1 Å². The number of hydrogen-bond donors (Lipinski definition) is 3. The number of fused-ring (bicyclic) bond motifs is 1. The van der Waals surface area contributed by atoms with Gasteiger partial charge in [-0.05, 0) is 31.0 Å². The van der Waals surface area contributed by atoms with E-state index in [4.69, 9.17) is 24.8 Å². The highest BCUT2D eigenvalue weighted by atomic mass is 32.2. The van der Waals surface area contributed by atoms with Crippen LogP contribution in [0.25, 0.3) is 0 Å². The number of thioether (sulfide) groups is 1. The number of carboxylic acid groups (broad SMARTS) is 2. The number of amidine groups is 1. The summed E-state index contributed by atoms with van der Waals surface area (Å²) in [6.45, 7) is 7.38. The van der Waals surface area contributed by atoms with Crippen molar-refractivity contribution < 1.29 is 19.8 Å². The van der Waals surface area contributed by atoms with Crippen molar-refractivity contribution in [3.8, 4) is 0 Å². The second-order valence-corrected chi connectivity index (χ2v) is 7.87. The fourth-order valence-electron chi connectivity index (χ4n) is 3.20. The molecule has 2 aliphatic heterocycles. The minimum Gasteiger partial charge on any atom is -0.473 e. The molecular weight excluding hydrogens is 354 g/mol. The summed E-state index contributed by atoms with van der Waals surface area (Å²) in [6, 6.07) is 6.78. The standard InChI is InChI=1S/C16H23N3S.C2H2O4/c1-4-7-16(15-17-8-9-18-15)11-19(3)13-10-12(2)5-6-14(13)20-16;3-1(4)2(5)6/h5-6,10H,4,7-9,11H2,1-3H3,(H,17,18);(H,3,4)(H,5,6). The van der Waals surface area contributed by atoms with Gasteiger partial charge in [0.25, 0.3) is 0 Å². The Morgan fingerprint density at radius 1 is 1.35 bits per heavy atom. The van der Waals surface area contributed by atoms with Gasteiger partial charge in [-0.1, -0.05) is 19.4 Å². The lowest BCUT2D eigenvalue weighted by atomic mass is 9.99. The average Bonchev–Trinajstić information content (AvgIpc) is 3.12. The monoisotopic (exact) mass is 379 g/mol. The Bertz CT molecular complexity index is 710. The molecule has 7 nitrogen and oxygen atoms in total. The van der Waals surface area contributed by atoms with Crippen LogP contribution < -0.4 is 10.2 Å². The smallest absolute Gasteiger partial charge is 0.414 e. The number of nitrogens with zero attached hydrogens (tertiary/aromatic N) is 2. The molecule has 0 radical (unpaired) electrons. The molecule has 1 atom stereocenters. The van der Waals surface area contributed by atoms with Crippen LogP contribution in [0.5, 0.6) is 0 Å². The first-order chi connectivity index (χ1) is 12.3. The van der Waals surface area contributed by atoms with Gasteiger partial charge in [-0.15, -0.1) is 11.8 Å². The minimum absolute atomic E-state index is 0.0995. The number of aliphatic carboxylic acids is 2. The Kier molecular flexibility index (Phi) is 6.52. The van der Waals surface area contributed by atoms with Crippen molar-refractivity contribution in [1.29, 1.82) is 0 Å². The van der Waals surface area contributed by atoms with Crippen molar-refractivity contribution in [3.63, 3.8) is 0 Å². The van der Waals surface area contributed by atoms with Crippen LogP contribution in [-0.4, -0.2) is 59.4 Å². The van der Waals surface area contributed by atoms with Gasteiger partial charge in [-0.25, -0.2) is 9.59 Å². The molecule has 3 rings (SSSR count). The number of aryl methyl sites for hydroxylation is 1. The maximum atomic E-state index is 9.10. The summed E-state index contributed by atoms with van der Waals surface area (Å²) in [7, 11) is 2.21. The molecule has 0 aromatic heterocycles. The highest BCUT2D eigenvalue weighted by Crippen LogP contribution is 2.47. The number of rotatable bonds is 3. The number of aliphatic imine (C=N–C) groups is 1. The lowest BCUT2D eigenvalue weighted by Gasteiger charge is -2.42. The molecule has 26 heavy (non-hydrogen) atoms. The van der Waals surface area contributed by atoms with E-state index in [1.54, 1.807) is 0 Å². The molecule has 1 unspecified atom stereocenters. The first kappa shape index (κ1) is 20.1. The molecule has 0 fully saturated rings. The summed E-state index contributed by atoms with van der Waals surface area (Å²) in [5, 5.41) is 18.3. The normalized spacial score (nSPS) is 21.0. The topological polar surface area (TPSA) is 102 Å². The summed E-state index contributed by atoms with van der Waals surface area (Å²) in [6.07, 6.45) is 2.35. The third-order valence-electron chi connectivity index (χ3n) is 4.27. The first-order valence-electron chi connectivity index (χ1n) is 8.55. The van der Waals surface area contributed by atoms with Gasteiger partial charge in [0.15, 0.2) is 0 Å². The maximum absolute atomic E-state index is 9.10. The van der Waals surface area contributed by atoms with Crippen molar-refractivity contribution in [3.05, 3.63) is 23.8 Å². The maximum Gasteiger partial charge on any atom is 0.414 e. The minimum atomic E-state index is -1.82.